The van der Waals surface area contributed by atoms with E-state index < -0.39 is 0 Å². The summed E-state index contributed by atoms with van der Waals surface area (Å²) in [6, 6.07) is 0.508. The number of methoxy groups -OCH3 is 1. The molecule has 0 radical (unpaired) electrons. The molecule has 0 spiro atoms. The summed E-state index contributed by atoms with van der Waals surface area (Å²) in [5, 5.41) is 3.11. The first-order valence-electron chi connectivity index (χ1n) is 4.06. The summed E-state index contributed by atoms with van der Waals surface area (Å²) in [6.45, 7) is 5.07. The molecule has 0 heterocycles. The molecule has 11 heavy (non-hydrogen) atoms. The van der Waals surface area contributed by atoms with Crippen LogP contribution in [-0.4, -0.2) is 51.8 Å². The molecule has 1 N–H and O–H groups in total. The Hall–Kier alpha value is -0.120. The molecule has 1 atom stereocenters. The minimum absolute atomic E-state index is 0.508. The number of nitrogens with one attached hydrogen (secondary N) is 1. The van der Waals surface area contributed by atoms with Crippen molar-refractivity contribution in [2.45, 2.75) is 13.0 Å². The lowest BCUT2D eigenvalue weighted by Crippen LogP contribution is -2.36. The monoisotopic (exact) mass is 160 g/mol. The summed E-state index contributed by atoms with van der Waals surface area (Å²) in [4.78, 5) is 2.28. The lowest BCUT2D eigenvalue weighted by molar-refractivity contribution is 0.116. The first kappa shape index (κ1) is 10.9. The molecule has 3 heteroatoms. The van der Waals surface area contributed by atoms with Gasteiger partial charge in [-0.3, -0.25) is 0 Å². The van der Waals surface area contributed by atoms with Crippen molar-refractivity contribution in [3.8, 4) is 0 Å². The minimum Gasteiger partial charge on any atom is -0.383 e. The van der Waals surface area contributed by atoms with Crippen LogP contribution < -0.4 is 5.32 Å². The highest BCUT2D eigenvalue weighted by Gasteiger charge is 2.06. The maximum atomic E-state index is 5.04. The average Bonchev–Trinajstić information content (AvgIpc) is 2.00. The van der Waals surface area contributed by atoms with Gasteiger partial charge in [-0.2, -0.15) is 0 Å². The highest BCUT2D eigenvalue weighted by molar-refractivity contribution is 4.62. The summed E-state index contributed by atoms with van der Waals surface area (Å²) in [6.07, 6.45) is 0. The highest BCUT2D eigenvalue weighted by Crippen LogP contribution is 1.93. The van der Waals surface area contributed by atoms with E-state index >= 15 is 0 Å². The van der Waals surface area contributed by atoms with E-state index in [1.165, 1.54) is 0 Å². The fraction of sp³-hybridized carbons (Fsp3) is 1.00. The van der Waals surface area contributed by atoms with E-state index in [-0.39, 0.29) is 0 Å². The van der Waals surface area contributed by atoms with E-state index in [0.29, 0.717) is 6.04 Å². The first-order valence-corrected chi connectivity index (χ1v) is 4.06. The normalized spacial score (nSPS) is 13.9. The Labute approximate surface area is 69.7 Å². The zero-order chi connectivity index (χ0) is 8.69. The van der Waals surface area contributed by atoms with Crippen LogP contribution in [0.5, 0.6) is 0 Å². The van der Waals surface area contributed by atoms with E-state index in [9.17, 15) is 0 Å². The van der Waals surface area contributed by atoms with Crippen LogP contribution in [0.2, 0.25) is 0 Å². The fourth-order valence-electron chi connectivity index (χ4n) is 0.877. The van der Waals surface area contributed by atoms with Crippen molar-refractivity contribution < 1.29 is 4.74 Å². The summed E-state index contributed by atoms with van der Waals surface area (Å²) < 4.78 is 5.04. The van der Waals surface area contributed by atoms with Gasteiger partial charge >= 0.3 is 0 Å². The van der Waals surface area contributed by atoms with Crippen LogP contribution in [0.4, 0.5) is 0 Å². The molecule has 0 aliphatic heterocycles. The molecule has 0 aromatic rings. The number of nitrogens with zero attached hydrogens (tertiary/aromatic N) is 1. The molecule has 1 unspecified atom stereocenters. The van der Waals surface area contributed by atoms with Gasteiger partial charge in [-0.25, -0.2) is 0 Å². The minimum atomic E-state index is 0.508. The van der Waals surface area contributed by atoms with Crippen LogP contribution in [0.15, 0.2) is 0 Å². The zero-order valence-corrected chi connectivity index (χ0v) is 8.05. The second-order valence-electron chi connectivity index (χ2n) is 2.89. The number of hydrogen-bond donors (Lipinski definition) is 1. The Morgan fingerprint density at radius 2 is 2.18 bits per heavy atom. The Morgan fingerprint density at radius 3 is 2.64 bits per heavy atom. The second-order valence-corrected chi connectivity index (χ2v) is 2.89. The van der Waals surface area contributed by atoms with Crippen molar-refractivity contribution in [2.24, 2.45) is 0 Å². The van der Waals surface area contributed by atoms with Gasteiger partial charge in [0.15, 0.2) is 0 Å². The van der Waals surface area contributed by atoms with Crippen molar-refractivity contribution in [1.82, 2.24) is 10.2 Å². The van der Waals surface area contributed by atoms with Crippen molar-refractivity contribution >= 4 is 0 Å². The third-order valence-corrected chi connectivity index (χ3v) is 1.87. The molecule has 0 aliphatic carbocycles. The van der Waals surface area contributed by atoms with Crippen LogP contribution in [0.3, 0.4) is 0 Å². The lowest BCUT2D eigenvalue weighted by Gasteiger charge is -2.23. The van der Waals surface area contributed by atoms with Crippen LogP contribution in [0.1, 0.15) is 6.92 Å². The van der Waals surface area contributed by atoms with Gasteiger partial charge in [0.1, 0.15) is 0 Å². The molecule has 0 amide bonds. The molecule has 0 fully saturated rings. The SMILES string of the molecule is CNCCN(C)C(C)COC. The number of likely N-dealkylation sites (N-methyl/N-ethyl adjacent to an activating group) is 2. The molecular formula is C8H20N2O. The third-order valence-electron chi connectivity index (χ3n) is 1.87. The highest BCUT2D eigenvalue weighted by atomic mass is 16.5. The van der Waals surface area contributed by atoms with Gasteiger partial charge in [-0.05, 0) is 21.0 Å². The lowest BCUT2D eigenvalue weighted by atomic mass is 10.3. The Bertz CT molecular complexity index is 88.2. The van der Waals surface area contributed by atoms with E-state index in [0.717, 1.165) is 19.7 Å². The molecule has 0 saturated carbocycles. The number of hydrogen-bond acceptors (Lipinski definition) is 3. The molecule has 0 bridgehead atoms. The van der Waals surface area contributed by atoms with Gasteiger partial charge in [-0.1, -0.05) is 0 Å². The van der Waals surface area contributed by atoms with E-state index in [1.807, 2.05) is 7.05 Å². The predicted molar refractivity (Wildman–Crippen MR) is 47.9 cm³/mol. The quantitative estimate of drug-likeness (QED) is 0.599. The summed E-state index contributed by atoms with van der Waals surface area (Å²) in [7, 11) is 5.82. The van der Waals surface area contributed by atoms with Crippen LogP contribution in [0.25, 0.3) is 0 Å². The van der Waals surface area contributed by atoms with Crippen LogP contribution in [-0.2, 0) is 4.74 Å². The van der Waals surface area contributed by atoms with Gasteiger partial charge < -0.3 is 15.0 Å². The fourth-order valence-corrected chi connectivity index (χ4v) is 0.877. The van der Waals surface area contributed by atoms with Crippen LogP contribution in [0, 0.1) is 0 Å². The van der Waals surface area contributed by atoms with Gasteiger partial charge in [0.05, 0.1) is 6.61 Å². The maximum absolute atomic E-state index is 5.04. The smallest absolute Gasteiger partial charge is 0.0615 e. The predicted octanol–water partition coefficient (Wildman–Crippen LogP) is 0.173. The third kappa shape index (κ3) is 5.18. The van der Waals surface area contributed by atoms with Crippen molar-refractivity contribution in [2.75, 3.05) is 40.9 Å². The Kier molecular flexibility index (Phi) is 6.51. The second kappa shape index (κ2) is 6.58. The number of rotatable bonds is 6. The molecule has 3 nitrogen and oxygen atoms in total. The maximum Gasteiger partial charge on any atom is 0.0615 e. The van der Waals surface area contributed by atoms with Crippen molar-refractivity contribution in [3.05, 3.63) is 0 Å². The summed E-state index contributed by atoms with van der Waals surface area (Å²) >= 11 is 0. The zero-order valence-electron chi connectivity index (χ0n) is 8.05. The van der Waals surface area contributed by atoms with E-state index in [2.05, 4.69) is 24.2 Å². The topological polar surface area (TPSA) is 24.5 Å². The Morgan fingerprint density at radius 1 is 1.55 bits per heavy atom. The van der Waals surface area contributed by atoms with Crippen molar-refractivity contribution in [1.29, 1.82) is 0 Å². The molecular weight excluding hydrogens is 140 g/mol. The van der Waals surface area contributed by atoms with Gasteiger partial charge in [-0.15, -0.1) is 0 Å². The van der Waals surface area contributed by atoms with E-state index in [1.54, 1.807) is 7.11 Å². The first-order chi connectivity index (χ1) is 5.22. The average molecular weight is 160 g/mol. The summed E-state index contributed by atoms with van der Waals surface area (Å²) in [5.74, 6) is 0. The molecule has 0 aromatic heterocycles. The molecule has 68 valence electrons. The van der Waals surface area contributed by atoms with Crippen LogP contribution >= 0.6 is 0 Å². The van der Waals surface area contributed by atoms with Crippen molar-refractivity contribution in [3.63, 3.8) is 0 Å². The van der Waals surface area contributed by atoms with Gasteiger partial charge in [0, 0.05) is 26.2 Å². The van der Waals surface area contributed by atoms with Gasteiger partial charge in [0.25, 0.3) is 0 Å². The molecule has 0 saturated heterocycles. The largest absolute Gasteiger partial charge is 0.383 e. The van der Waals surface area contributed by atoms with Gasteiger partial charge in [0.2, 0.25) is 0 Å². The molecule has 0 rings (SSSR count). The molecule has 0 aliphatic rings. The standard InChI is InChI=1S/C8H20N2O/c1-8(7-11-4)10(3)6-5-9-2/h8-9H,5-7H2,1-4H3. The van der Waals surface area contributed by atoms with E-state index in [4.69, 9.17) is 4.74 Å². The Balaban J connectivity index is 3.38. The molecule has 0 aromatic carbocycles. The number of ether oxygens (including phenoxy) is 1. The summed E-state index contributed by atoms with van der Waals surface area (Å²) in [5.41, 5.74) is 0.